The summed E-state index contributed by atoms with van der Waals surface area (Å²) in [7, 11) is -3.90. The van der Waals surface area contributed by atoms with Crippen molar-refractivity contribution in [3.63, 3.8) is 0 Å². The van der Waals surface area contributed by atoms with Gasteiger partial charge in [0.1, 0.15) is 5.75 Å². The summed E-state index contributed by atoms with van der Waals surface area (Å²) < 4.78 is 41.6. The van der Waals surface area contributed by atoms with Crippen molar-refractivity contribution in [1.82, 2.24) is 4.57 Å². The number of sulfonamides is 1. The molecule has 0 radical (unpaired) electrons. The number of aromatic nitrogens is 1. The van der Waals surface area contributed by atoms with Crippen LogP contribution in [0.4, 0.5) is 10.5 Å². The highest BCUT2D eigenvalue weighted by Crippen LogP contribution is 2.44. The van der Waals surface area contributed by atoms with Crippen LogP contribution in [0.1, 0.15) is 32.0 Å². The fourth-order valence-corrected chi connectivity index (χ4v) is 5.81. The maximum atomic E-state index is 13.8. The van der Waals surface area contributed by atoms with Crippen molar-refractivity contribution < 1.29 is 22.7 Å². The molecule has 0 saturated heterocycles. The van der Waals surface area contributed by atoms with E-state index < -0.39 is 16.2 Å². The summed E-state index contributed by atoms with van der Waals surface area (Å²) in [5, 5.41) is 0. The van der Waals surface area contributed by atoms with Crippen LogP contribution in [0, 0.1) is 0 Å². The largest absolute Gasteiger partial charge is 0.513 e. The highest BCUT2D eigenvalue weighted by atomic mass is 79.9. The number of rotatable bonds is 5. The van der Waals surface area contributed by atoms with Crippen molar-refractivity contribution in [2.45, 2.75) is 31.2 Å². The fraction of sp³-hybridized carbons (Fsp3) is 0.227. The average Bonchev–Trinajstić information content (AvgIpc) is 3.22. The smallest absolute Gasteiger partial charge is 0.434 e. The van der Waals surface area contributed by atoms with E-state index >= 15 is 0 Å². The maximum absolute atomic E-state index is 13.8. The van der Waals surface area contributed by atoms with Gasteiger partial charge in [-0.2, -0.15) is 0 Å². The molecule has 31 heavy (non-hydrogen) atoms. The van der Waals surface area contributed by atoms with E-state index in [1.165, 1.54) is 28.6 Å². The van der Waals surface area contributed by atoms with Crippen LogP contribution in [0.25, 0.3) is 5.69 Å². The van der Waals surface area contributed by atoms with Crippen LogP contribution >= 0.6 is 15.9 Å². The molecule has 0 amide bonds. The third-order valence-electron chi connectivity index (χ3n) is 5.07. The Kier molecular flexibility index (Phi) is 5.81. The van der Waals surface area contributed by atoms with Crippen molar-refractivity contribution in [1.29, 1.82) is 0 Å². The monoisotopic (exact) mass is 504 g/mol. The van der Waals surface area contributed by atoms with Gasteiger partial charge in [0.25, 0.3) is 10.0 Å². The SMILES string of the molecule is CCOC(=O)Oc1ccc(S(=O)(=O)N2c3cc(Br)ccc3-n3cccc3[C@H]2CC)cc1. The van der Waals surface area contributed by atoms with Gasteiger partial charge in [-0.1, -0.05) is 22.9 Å². The average molecular weight is 505 g/mol. The molecule has 7 nitrogen and oxygen atoms in total. The summed E-state index contributed by atoms with van der Waals surface area (Å²) in [6.07, 6.45) is 1.70. The van der Waals surface area contributed by atoms with Crippen molar-refractivity contribution in [2.75, 3.05) is 10.9 Å². The first-order valence-electron chi connectivity index (χ1n) is 9.83. The van der Waals surface area contributed by atoms with Gasteiger partial charge in [-0.15, -0.1) is 0 Å². The molecule has 9 heteroatoms. The molecule has 0 saturated carbocycles. The van der Waals surface area contributed by atoms with Crippen LogP contribution in [0.3, 0.4) is 0 Å². The van der Waals surface area contributed by atoms with E-state index in [4.69, 9.17) is 9.47 Å². The molecule has 162 valence electrons. The molecule has 0 N–H and O–H groups in total. The van der Waals surface area contributed by atoms with Crippen LogP contribution in [0.15, 0.2) is 70.2 Å². The molecule has 2 heterocycles. The Bertz CT molecular complexity index is 1220. The Morgan fingerprint density at radius 3 is 2.48 bits per heavy atom. The molecule has 4 rings (SSSR count). The second kappa shape index (κ2) is 8.39. The molecule has 0 unspecified atom stereocenters. The molecule has 0 aliphatic carbocycles. The molecule has 0 spiro atoms. The van der Waals surface area contributed by atoms with Gasteiger partial charge in [0.15, 0.2) is 0 Å². The lowest BCUT2D eigenvalue weighted by Gasteiger charge is -2.38. The van der Waals surface area contributed by atoms with Gasteiger partial charge in [-0.05, 0) is 67.9 Å². The molecule has 1 atom stereocenters. The summed E-state index contributed by atoms with van der Waals surface area (Å²) in [4.78, 5) is 11.6. The Morgan fingerprint density at radius 1 is 1.06 bits per heavy atom. The number of anilines is 1. The molecule has 1 aliphatic heterocycles. The first kappa shape index (κ1) is 21.5. The highest BCUT2D eigenvalue weighted by Gasteiger charge is 2.38. The van der Waals surface area contributed by atoms with Crippen molar-refractivity contribution in [2.24, 2.45) is 0 Å². The highest BCUT2D eigenvalue weighted by molar-refractivity contribution is 9.10. The van der Waals surface area contributed by atoms with Gasteiger partial charge in [0.2, 0.25) is 0 Å². The lowest BCUT2D eigenvalue weighted by atomic mass is 10.1. The second-order valence-electron chi connectivity index (χ2n) is 6.92. The number of carbonyl (C=O) groups is 1. The van der Waals surface area contributed by atoms with E-state index in [0.717, 1.165) is 15.9 Å². The summed E-state index contributed by atoms with van der Waals surface area (Å²) >= 11 is 3.47. The van der Waals surface area contributed by atoms with Gasteiger partial charge >= 0.3 is 6.16 Å². The minimum atomic E-state index is -3.90. The molecular formula is C22H21BrN2O5S. The lowest BCUT2D eigenvalue weighted by Crippen LogP contribution is -2.39. The maximum Gasteiger partial charge on any atom is 0.513 e. The predicted octanol–water partition coefficient (Wildman–Crippen LogP) is 5.44. The molecular weight excluding hydrogens is 484 g/mol. The van der Waals surface area contributed by atoms with Gasteiger partial charge in [-0.25, -0.2) is 13.2 Å². The zero-order chi connectivity index (χ0) is 22.2. The van der Waals surface area contributed by atoms with Crippen molar-refractivity contribution in [3.05, 3.63) is 71.0 Å². The Balaban J connectivity index is 1.77. The van der Waals surface area contributed by atoms with Crippen LogP contribution in [-0.2, 0) is 14.8 Å². The lowest BCUT2D eigenvalue weighted by molar-refractivity contribution is 0.104. The zero-order valence-electron chi connectivity index (χ0n) is 17.0. The quantitative estimate of drug-likeness (QED) is 0.341. The number of ether oxygens (including phenoxy) is 2. The van der Waals surface area contributed by atoms with Crippen LogP contribution < -0.4 is 9.04 Å². The van der Waals surface area contributed by atoms with E-state index in [1.807, 2.05) is 48.0 Å². The van der Waals surface area contributed by atoms with Crippen molar-refractivity contribution >= 4 is 37.8 Å². The molecule has 1 aromatic heterocycles. The molecule has 3 aromatic rings. The summed E-state index contributed by atoms with van der Waals surface area (Å²) in [6.45, 7) is 3.82. The number of fused-ring (bicyclic) bond motifs is 3. The van der Waals surface area contributed by atoms with Gasteiger partial charge in [-0.3, -0.25) is 4.31 Å². The van der Waals surface area contributed by atoms with Crippen LogP contribution in [0.2, 0.25) is 0 Å². The van der Waals surface area contributed by atoms with E-state index in [9.17, 15) is 13.2 Å². The van der Waals surface area contributed by atoms with E-state index in [0.29, 0.717) is 12.1 Å². The summed E-state index contributed by atoms with van der Waals surface area (Å²) in [6, 6.07) is 14.9. The number of hydrogen-bond acceptors (Lipinski definition) is 5. The number of benzene rings is 2. The fourth-order valence-electron chi connectivity index (χ4n) is 3.76. The molecule has 0 fully saturated rings. The Labute approximate surface area is 189 Å². The van der Waals surface area contributed by atoms with Gasteiger partial charge in [0, 0.05) is 16.4 Å². The second-order valence-corrected chi connectivity index (χ2v) is 9.65. The van der Waals surface area contributed by atoms with Crippen molar-refractivity contribution in [3.8, 4) is 11.4 Å². The number of carbonyl (C=O) groups excluding carboxylic acids is 1. The summed E-state index contributed by atoms with van der Waals surface area (Å²) in [5.74, 6) is 0.208. The normalized spacial score (nSPS) is 15.2. The van der Waals surface area contributed by atoms with Gasteiger partial charge < -0.3 is 14.0 Å². The Morgan fingerprint density at radius 2 is 1.81 bits per heavy atom. The number of halogens is 1. The minimum Gasteiger partial charge on any atom is -0.434 e. The summed E-state index contributed by atoms with van der Waals surface area (Å²) in [5.41, 5.74) is 2.29. The first-order chi connectivity index (χ1) is 14.9. The number of nitrogens with zero attached hydrogens (tertiary/aromatic N) is 2. The zero-order valence-corrected chi connectivity index (χ0v) is 19.4. The minimum absolute atomic E-state index is 0.105. The van der Waals surface area contributed by atoms with Crippen LogP contribution in [0.5, 0.6) is 5.75 Å². The molecule has 2 aromatic carbocycles. The Hall–Kier alpha value is -2.78. The predicted molar refractivity (Wildman–Crippen MR) is 120 cm³/mol. The van der Waals surface area contributed by atoms with E-state index in [-0.39, 0.29) is 23.3 Å². The standard InChI is InChI=1S/C22H21BrN2O5S/c1-3-18-19-6-5-13-24(19)20-12-7-15(23)14-21(20)25(18)31(27,28)17-10-8-16(9-11-17)30-22(26)29-4-2/h5-14,18H,3-4H2,1-2H3/t18-/m1/s1. The first-order valence-corrected chi connectivity index (χ1v) is 12.1. The molecule has 0 bridgehead atoms. The molecule has 1 aliphatic rings. The third-order valence-corrected chi connectivity index (χ3v) is 7.40. The van der Waals surface area contributed by atoms with Gasteiger partial charge in [0.05, 0.1) is 28.9 Å². The van der Waals surface area contributed by atoms with E-state index in [2.05, 4.69) is 15.9 Å². The third kappa shape index (κ3) is 3.83. The van der Waals surface area contributed by atoms with Crippen LogP contribution in [-0.4, -0.2) is 25.7 Å². The number of hydrogen-bond donors (Lipinski definition) is 0. The topological polar surface area (TPSA) is 77.8 Å². The van der Waals surface area contributed by atoms with E-state index in [1.54, 1.807) is 6.92 Å².